The lowest BCUT2D eigenvalue weighted by Crippen LogP contribution is -2.22. The Balaban J connectivity index is 1.71. The number of furan rings is 2. The van der Waals surface area contributed by atoms with Gasteiger partial charge in [0.1, 0.15) is 10.7 Å². The minimum absolute atomic E-state index is 0.0535. The van der Waals surface area contributed by atoms with E-state index in [1.54, 1.807) is 37.6 Å². The Hall–Kier alpha value is -2.32. The van der Waals surface area contributed by atoms with E-state index in [1.807, 2.05) is 0 Å². The Morgan fingerprint density at radius 1 is 1.29 bits per heavy atom. The molecule has 0 spiro atoms. The fourth-order valence-corrected chi connectivity index (χ4v) is 2.79. The van der Waals surface area contributed by atoms with Gasteiger partial charge in [-0.05, 0) is 24.3 Å². The average Bonchev–Trinajstić information content (AvgIpc) is 3.17. The molecule has 0 fully saturated rings. The number of hydrogen-bond donors (Lipinski definition) is 1. The number of aromatic nitrogens is 2. The highest BCUT2D eigenvalue weighted by Gasteiger charge is 2.16. The number of rotatable bonds is 5. The highest BCUT2D eigenvalue weighted by atomic mass is 32.2. The molecule has 0 atom stereocenters. The third kappa shape index (κ3) is 2.91. The van der Waals surface area contributed by atoms with Gasteiger partial charge in [-0.15, -0.1) is 0 Å². The van der Waals surface area contributed by atoms with Crippen LogP contribution in [0, 0.1) is 0 Å². The summed E-state index contributed by atoms with van der Waals surface area (Å²) in [6.45, 7) is 0.0535. The maximum absolute atomic E-state index is 12.0. The van der Waals surface area contributed by atoms with E-state index in [-0.39, 0.29) is 11.4 Å². The fraction of sp³-hybridized carbons (Fsp3) is 0.154. The summed E-state index contributed by atoms with van der Waals surface area (Å²) in [5.74, 6) is 1.64. The zero-order chi connectivity index (χ0) is 14.9. The van der Waals surface area contributed by atoms with Crippen LogP contribution in [0.5, 0.6) is 0 Å². The molecule has 8 heteroatoms. The average molecular weight is 307 g/mol. The quantitative estimate of drug-likeness (QED) is 0.775. The summed E-state index contributed by atoms with van der Waals surface area (Å²) in [5, 5.41) is 3.84. The molecule has 3 aromatic heterocycles. The molecule has 0 saturated heterocycles. The predicted octanol–water partition coefficient (Wildman–Crippen LogP) is 1.75. The van der Waals surface area contributed by atoms with Crippen molar-refractivity contribution in [1.29, 1.82) is 0 Å². The second-order valence-corrected chi connectivity index (χ2v) is 6.18. The van der Waals surface area contributed by atoms with Crippen LogP contribution in [0.3, 0.4) is 0 Å². The Labute approximate surface area is 121 Å². The van der Waals surface area contributed by atoms with Gasteiger partial charge in [-0.2, -0.15) is 5.10 Å². The monoisotopic (exact) mass is 307 g/mol. The molecule has 21 heavy (non-hydrogen) atoms. The summed E-state index contributed by atoms with van der Waals surface area (Å²) in [6.07, 6.45) is 4.26. The van der Waals surface area contributed by atoms with E-state index < -0.39 is 10.0 Å². The molecule has 0 aliphatic heterocycles. The van der Waals surface area contributed by atoms with Gasteiger partial charge < -0.3 is 8.83 Å². The molecular formula is C13H13N3O4S. The van der Waals surface area contributed by atoms with Crippen LogP contribution >= 0.6 is 0 Å². The van der Waals surface area contributed by atoms with Crippen LogP contribution in [0.2, 0.25) is 0 Å². The van der Waals surface area contributed by atoms with E-state index in [9.17, 15) is 8.42 Å². The second kappa shape index (κ2) is 5.23. The molecule has 0 aliphatic rings. The van der Waals surface area contributed by atoms with Crippen LogP contribution in [-0.2, 0) is 23.6 Å². The van der Waals surface area contributed by atoms with Crippen molar-refractivity contribution in [2.24, 2.45) is 7.05 Å². The molecule has 3 aromatic rings. The van der Waals surface area contributed by atoms with Crippen molar-refractivity contribution >= 4 is 10.0 Å². The smallest absolute Gasteiger partial charge is 0.244 e. The molecule has 0 unspecified atom stereocenters. The highest BCUT2D eigenvalue weighted by molar-refractivity contribution is 7.89. The SMILES string of the molecule is Cn1cc(S(=O)(=O)NCc2ccc(-c3ccco3)o2)cn1. The third-order valence-corrected chi connectivity index (χ3v) is 4.21. The van der Waals surface area contributed by atoms with E-state index in [4.69, 9.17) is 8.83 Å². The van der Waals surface area contributed by atoms with Crippen molar-refractivity contribution in [1.82, 2.24) is 14.5 Å². The van der Waals surface area contributed by atoms with Crippen molar-refractivity contribution < 1.29 is 17.3 Å². The van der Waals surface area contributed by atoms with Crippen LogP contribution in [0.15, 0.2) is 56.7 Å². The number of sulfonamides is 1. The van der Waals surface area contributed by atoms with Crippen LogP contribution in [0.25, 0.3) is 11.5 Å². The van der Waals surface area contributed by atoms with Crippen molar-refractivity contribution in [2.75, 3.05) is 0 Å². The minimum atomic E-state index is -3.60. The largest absolute Gasteiger partial charge is 0.461 e. The number of nitrogens with one attached hydrogen (secondary N) is 1. The number of nitrogens with zero attached hydrogens (tertiary/aromatic N) is 2. The fourth-order valence-electron chi connectivity index (χ4n) is 1.81. The maximum atomic E-state index is 12.0. The standard InChI is InChI=1S/C13H13N3O4S/c1-16-9-11(8-14-16)21(17,18)15-7-10-4-5-13(20-10)12-3-2-6-19-12/h2-6,8-9,15H,7H2,1H3. The Kier molecular flexibility index (Phi) is 3.40. The first kappa shape index (κ1) is 13.7. The van der Waals surface area contributed by atoms with Gasteiger partial charge >= 0.3 is 0 Å². The first-order valence-electron chi connectivity index (χ1n) is 6.15. The molecule has 0 aliphatic carbocycles. The summed E-state index contributed by atoms with van der Waals surface area (Å²) in [5.41, 5.74) is 0. The Morgan fingerprint density at radius 3 is 2.81 bits per heavy atom. The highest BCUT2D eigenvalue weighted by Crippen LogP contribution is 2.22. The molecule has 0 bridgehead atoms. The van der Waals surface area contributed by atoms with E-state index in [1.165, 1.54) is 17.1 Å². The van der Waals surface area contributed by atoms with Gasteiger partial charge in [0.15, 0.2) is 11.5 Å². The summed E-state index contributed by atoms with van der Waals surface area (Å²) in [7, 11) is -1.94. The van der Waals surface area contributed by atoms with Crippen LogP contribution in [-0.4, -0.2) is 18.2 Å². The second-order valence-electron chi connectivity index (χ2n) is 4.42. The van der Waals surface area contributed by atoms with Gasteiger partial charge in [-0.1, -0.05) is 0 Å². The Morgan fingerprint density at radius 2 is 2.14 bits per heavy atom. The lowest BCUT2D eigenvalue weighted by Gasteiger charge is -2.02. The maximum Gasteiger partial charge on any atom is 0.244 e. The van der Waals surface area contributed by atoms with Crippen molar-refractivity contribution in [3.05, 3.63) is 48.7 Å². The Bertz CT molecular complexity index is 831. The summed E-state index contributed by atoms with van der Waals surface area (Å²) in [4.78, 5) is 0.114. The molecule has 3 heterocycles. The molecule has 0 amide bonds. The number of hydrogen-bond acceptors (Lipinski definition) is 5. The van der Waals surface area contributed by atoms with Crippen molar-refractivity contribution in [2.45, 2.75) is 11.4 Å². The third-order valence-electron chi connectivity index (χ3n) is 2.85. The molecule has 0 radical (unpaired) electrons. The van der Waals surface area contributed by atoms with Crippen LogP contribution in [0.4, 0.5) is 0 Å². The first-order valence-corrected chi connectivity index (χ1v) is 7.64. The van der Waals surface area contributed by atoms with Gasteiger partial charge in [0.2, 0.25) is 10.0 Å². The van der Waals surface area contributed by atoms with E-state index in [2.05, 4.69) is 9.82 Å². The summed E-state index contributed by atoms with van der Waals surface area (Å²) in [6, 6.07) is 6.95. The molecular weight excluding hydrogens is 294 g/mol. The van der Waals surface area contributed by atoms with Crippen molar-refractivity contribution in [3.8, 4) is 11.5 Å². The van der Waals surface area contributed by atoms with Gasteiger partial charge in [-0.25, -0.2) is 13.1 Å². The zero-order valence-corrected chi connectivity index (χ0v) is 12.0. The topological polar surface area (TPSA) is 90.3 Å². The number of aryl methyl sites for hydroxylation is 1. The molecule has 7 nitrogen and oxygen atoms in total. The lowest BCUT2D eigenvalue weighted by atomic mass is 10.3. The first-order chi connectivity index (χ1) is 10.0. The zero-order valence-electron chi connectivity index (χ0n) is 11.2. The lowest BCUT2D eigenvalue weighted by molar-refractivity contribution is 0.485. The van der Waals surface area contributed by atoms with Crippen LogP contribution < -0.4 is 4.72 Å². The van der Waals surface area contributed by atoms with E-state index in [0.29, 0.717) is 17.3 Å². The molecule has 110 valence electrons. The van der Waals surface area contributed by atoms with Crippen molar-refractivity contribution in [3.63, 3.8) is 0 Å². The summed E-state index contributed by atoms with van der Waals surface area (Å²) < 4.78 is 38.7. The minimum Gasteiger partial charge on any atom is -0.461 e. The van der Waals surface area contributed by atoms with E-state index in [0.717, 1.165) is 0 Å². The van der Waals surface area contributed by atoms with Gasteiger partial charge in [0, 0.05) is 13.2 Å². The normalized spacial score (nSPS) is 11.9. The molecule has 1 N–H and O–H groups in total. The molecule has 0 saturated carbocycles. The van der Waals surface area contributed by atoms with Gasteiger partial charge in [0.05, 0.1) is 19.0 Å². The van der Waals surface area contributed by atoms with Gasteiger partial charge in [0.25, 0.3) is 0 Å². The molecule has 3 rings (SSSR count). The predicted molar refractivity (Wildman–Crippen MR) is 73.6 cm³/mol. The molecule has 0 aromatic carbocycles. The summed E-state index contributed by atoms with van der Waals surface area (Å²) >= 11 is 0. The van der Waals surface area contributed by atoms with Crippen LogP contribution in [0.1, 0.15) is 5.76 Å². The van der Waals surface area contributed by atoms with E-state index >= 15 is 0 Å². The van der Waals surface area contributed by atoms with Gasteiger partial charge in [-0.3, -0.25) is 4.68 Å².